The van der Waals surface area contributed by atoms with Crippen molar-refractivity contribution in [3.8, 4) is 5.75 Å². The van der Waals surface area contributed by atoms with Gasteiger partial charge in [-0.1, -0.05) is 13.0 Å². The average Bonchev–Trinajstić information content (AvgIpc) is 2.82. The number of nitrogens with zero attached hydrogens (tertiary/aromatic N) is 1. The minimum Gasteiger partial charge on any atom is -0.496 e. The van der Waals surface area contributed by atoms with Gasteiger partial charge in [0.1, 0.15) is 11.3 Å². The predicted octanol–water partition coefficient (Wildman–Crippen LogP) is 2.15. The highest BCUT2D eigenvalue weighted by Crippen LogP contribution is 2.35. The summed E-state index contributed by atoms with van der Waals surface area (Å²) < 4.78 is 5.21. The van der Waals surface area contributed by atoms with Crippen molar-refractivity contribution in [1.29, 1.82) is 0 Å². The van der Waals surface area contributed by atoms with Crippen LogP contribution in [0.2, 0.25) is 0 Å². The zero-order valence-electron chi connectivity index (χ0n) is 14.7. The van der Waals surface area contributed by atoms with E-state index in [1.165, 1.54) is 7.11 Å². The number of hydrogen-bond acceptors (Lipinski definition) is 4. The highest BCUT2D eigenvalue weighted by Gasteiger charge is 2.52. The largest absolute Gasteiger partial charge is 0.496 e. The van der Waals surface area contributed by atoms with Gasteiger partial charge in [0.2, 0.25) is 0 Å². The molecule has 1 aliphatic carbocycles. The van der Waals surface area contributed by atoms with Crippen molar-refractivity contribution in [3.05, 3.63) is 29.3 Å². The van der Waals surface area contributed by atoms with Gasteiger partial charge in [0, 0.05) is 5.56 Å². The Morgan fingerprint density at radius 1 is 1.32 bits per heavy atom. The summed E-state index contributed by atoms with van der Waals surface area (Å²) in [5.74, 6) is 0.210. The third kappa shape index (κ3) is 3.06. The normalized spacial score (nSPS) is 25.9. The van der Waals surface area contributed by atoms with Crippen LogP contribution >= 0.6 is 0 Å². The first kappa shape index (κ1) is 17.3. The minimum atomic E-state index is -0.873. The van der Waals surface area contributed by atoms with Crippen LogP contribution in [-0.2, 0) is 4.79 Å². The first-order chi connectivity index (χ1) is 11.9. The lowest BCUT2D eigenvalue weighted by Crippen LogP contribution is -2.51. The topological polar surface area (TPSA) is 87.7 Å². The average molecular weight is 345 g/mol. The Morgan fingerprint density at radius 2 is 2.00 bits per heavy atom. The molecule has 1 aliphatic heterocycles. The summed E-state index contributed by atoms with van der Waals surface area (Å²) in [6.07, 6.45) is 2.96. The smallest absolute Gasteiger partial charge is 0.344 e. The molecule has 0 radical (unpaired) electrons. The van der Waals surface area contributed by atoms with Gasteiger partial charge >= 0.3 is 6.03 Å². The molecule has 1 spiro atoms. The second-order valence-corrected chi connectivity index (χ2v) is 6.96. The Bertz CT molecular complexity index is 723. The maximum absolute atomic E-state index is 12.7. The third-order valence-corrected chi connectivity index (χ3v) is 5.17. The Labute approximate surface area is 146 Å². The number of urea groups is 1. The van der Waals surface area contributed by atoms with E-state index in [1.54, 1.807) is 18.2 Å². The molecule has 7 nitrogen and oxygen atoms in total. The molecule has 2 aliphatic rings. The number of carbonyl (C=O) groups excluding carboxylic acids is 3. The first-order valence-corrected chi connectivity index (χ1v) is 8.48. The number of ether oxygens (including phenoxy) is 1. The van der Waals surface area contributed by atoms with E-state index in [0.717, 1.165) is 23.4 Å². The SMILES string of the molecule is COc1cc(C(=O)NN2C(=O)NC3(CCC(C)CC3)C2=O)ccc1C. The number of hydrazine groups is 1. The number of nitrogens with one attached hydrogen (secondary N) is 2. The second-order valence-electron chi connectivity index (χ2n) is 6.96. The van der Waals surface area contributed by atoms with E-state index in [9.17, 15) is 14.4 Å². The third-order valence-electron chi connectivity index (χ3n) is 5.17. The van der Waals surface area contributed by atoms with Crippen molar-refractivity contribution in [2.75, 3.05) is 7.11 Å². The predicted molar refractivity (Wildman–Crippen MR) is 90.9 cm³/mol. The second kappa shape index (κ2) is 6.38. The molecule has 0 unspecified atom stereocenters. The van der Waals surface area contributed by atoms with Gasteiger partial charge in [0.15, 0.2) is 0 Å². The van der Waals surface area contributed by atoms with Crippen molar-refractivity contribution >= 4 is 17.8 Å². The van der Waals surface area contributed by atoms with Gasteiger partial charge < -0.3 is 10.1 Å². The summed E-state index contributed by atoms with van der Waals surface area (Å²) in [5, 5.41) is 3.59. The van der Waals surface area contributed by atoms with E-state index in [4.69, 9.17) is 4.74 Å². The number of methoxy groups -OCH3 is 1. The fourth-order valence-corrected chi connectivity index (χ4v) is 3.44. The van der Waals surface area contributed by atoms with E-state index >= 15 is 0 Å². The fourth-order valence-electron chi connectivity index (χ4n) is 3.44. The molecule has 0 atom stereocenters. The lowest BCUT2D eigenvalue weighted by molar-refractivity contribution is -0.134. The van der Waals surface area contributed by atoms with Crippen molar-refractivity contribution in [3.63, 3.8) is 0 Å². The number of aryl methyl sites for hydroxylation is 1. The molecule has 134 valence electrons. The highest BCUT2D eigenvalue weighted by atomic mass is 16.5. The number of benzene rings is 1. The standard InChI is InChI=1S/C18H23N3O4/c1-11-6-8-18(9-7-11)16(23)21(17(24)19-18)20-15(22)13-5-4-12(2)14(10-13)25-3/h4-5,10-11H,6-9H2,1-3H3,(H,19,24)(H,20,22). The van der Waals surface area contributed by atoms with Crippen LogP contribution in [0, 0.1) is 12.8 Å². The van der Waals surface area contributed by atoms with Gasteiger partial charge in [-0.25, -0.2) is 4.79 Å². The number of carbonyl (C=O) groups is 3. The van der Waals surface area contributed by atoms with Crippen molar-refractivity contribution < 1.29 is 19.1 Å². The monoisotopic (exact) mass is 345 g/mol. The summed E-state index contributed by atoms with van der Waals surface area (Å²) >= 11 is 0. The zero-order chi connectivity index (χ0) is 18.2. The molecule has 2 fully saturated rings. The molecule has 0 bridgehead atoms. The fraction of sp³-hybridized carbons (Fsp3) is 0.500. The molecular formula is C18H23N3O4. The van der Waals surface area contributed by atoms with E-state index in [1.807, 2.05) is 6.92 Å². The zero-order valence-corrected chi connectivity index (χ0v) is 14.7. The number of imide groups is 1. The summed E-state index contributed by atoms with van der Waals surface area (Å²) in [6, 6.07) is 4.39. The van der Waals surface area contributed by atoms with Gasteiger partial charge in [0.05, 0.1) is 7.11 Å². The summed E-state index contributed by atoms with van der Waals surface area (Å²) in [6.45, 7) is 4.00. The Morgan fingerprint density at radius 3 is 2.64 bits per heavy atom. The molecule has 1 aromatic carbocycles. The van der Waals surface area contributed by atoms with Gasteiger partial charge in [0.25, 0.3) is 11.8 Å². The molecule has 1 aromatic rings. The van der Waals surface area contributed by atoms with E-state index in [-0.39, 0.29) is 5.91 Å². The Hall–Kier alpha value is -2.57. The number of rotatable bonds is 3. The van der Waals surface area contributed by atoms with Gasteiger partial charge in [-0.2, -0.15) is 5.01 Å². The van der Waals surface area contributed by atoms with Gasteiger partial charge in [-0.15, -0.1) is 0 Å². The van der Waals surface area contributed by atoms with E-state index < -0.39 is 17.5 Å². The molecule has 1 saturated carbocycles. The van der Waals surface area contributed by atoms with Crippen molar-refractivity contribution in [1.82, 2.24) is 15.8 Å². The molecule has 2 N–H and O–H groups in total. The summed E-state index contributed by atoms with van der Waals surface area (Å²) in [7, 11) is 1.52. The van der Waals surface area contributed by atoms with Crippen molar-refractivity contribution in [2.45, 2.75) is 45.1 Å². The molecule has 1 saturated heterocycles. The molecule has 1 heterocycles. The quantitative estimate of drug-likeness (QED) is 0.822. The summed E-state index contributed by atoms with van der Waals surface area (Å²) in [5.41, 5.74) is 2.77. The van der Waals surface area contributed by atoms with Crippen LogP contribution < -0.4 is 15.5 Å². The lowest BCUT2D eigenvalue weighted by atomic mass is 9.77. The van der Waals surface area contributed by atoms with Crippen LogP contribution in [-0.4, -0.2) is 35.5 Å². The van der Waals surface area contributed by atoms with Crippen LogP contribution in [0.4, 0.5) is 4.79 Å². The van der Waals surface area contributed by atoms with Crippen LogP contribution in [0.3, 0.4) is 0 Å². The van der Waals surface area contributed by atoms with Crippen LogP contribution in [0.5, 0.6) is 5.75 Å². The first-order valence-electron chi connectivity index (χ1n) is 8.48. The molecular weight excluding hydrogens is 322 g/mol. The minimum absolute atomic E-state index is 0.321. The Balaban J connectivity index is 1.75. The molecule has 4 amide bonds. The number of hydrogen-bond donors (Lipinski definition) is 2. The number of amides is 4. The highest BCUT2D eigenvalue weighted by molar-refractivity contribution is 6.09. The van der Waals surface area contributed by atoms with Crippen molar-refractivity contribution in [2.24, 2.45) is 5.92 Å². The van der Waals surface area contributed by atoms with Gasteiger partial charge in [-0.3, -0.25) is 15.0 Å². The lowest BCUT2D eigenvalue weighted by Gasteiger charge is -2.33. The van der Waals surface area contributed by atoms with Crippen LogP contribution in [0.1, 0.15) is 48.5 Å². The maximum atomic E-state index is 12.7. The van der Waals surface area contributed by atoms with E-state index in [2.05, 4.69) is 17.7 Å². The molecule has 25 heavy (non-hydrogen) atoms. The van der Waals surface area contributed by atoms with E-state index in [0.29, 0.717) is 30.1 Å². The molecule has 7 heteroatoms. The molecule has 0 aromatic heterocycles. The Kier molecular flexibility index (Phi) is 4.41. The van der Waals surface area contributed by atoms with Gasteiger partial charge in [-0.05, 0) is 56.2 Å². The maximum Gasteiger partial charge on any atom is 0.344 e. The van der Waals surface area contributed by atoms with Crippen LogP contribution in [0.25, 0.3) is 0 Å². The molecule has 3 rings (SSSR count). The summed E-state index contributed by atoms with van der Waals surface area (Å²) in [4.78, 5) is 37.4. The van der Waals surface area contributed by atoms with Crippen LogP contribution in [0.15, 0.2) is 18.2 Å².